The van der Waals surface area contributed by atoms with E-state index in [2.05, 4.69) is 15.5 Å². The average molecular weight is 486 g/mol. The summed E-state index contributed by atoms with van der Waals surface area (Å²) in [6.07, 6.45) is 0.637. The maximum atomic E-state index is 13.0. The van der Waals surface area contributed by atoms with E-state index in [1.54, 1.807) is 32.0 Å². The van der Waals surface area contributed by atoms with Gasteiger partial charge in [0.05, 0.1) is 24.5 Å². The van der Waals surface area contributed by atoms with Crippen molar-refractivity contribution in [1.82, 2.24) is 10.2 Å². The standard InChI is InChI=1S/C23H23N3O7S/c1-4-8-31-22(28)18-12(3)19(23(29)30-5-2)34-21(18)24-20(27)15-10-14(25-26-15)13-6-7-16-17(9-13)33-11-32-16/h6-7,9-10H,4-5,8,11H2,1-3H3,(H,24,27)(H,25,26). The fraction of sp³-hybridized carbons (Fsp3) is 0.304. The first-order chi connectivity index (χ1) is 16.4. The first kappa shape index (κ1) is 23.3. The number of nitrogens with zero attached hydrogens (tertiary/aromatic N) is 1. The van der Waals surface area contributed by atoms with Crippen molar-refractivity contribution in [2.45, 2.75) is 27.2 Å². The molecule has 1 aliphatic rings. The summed E-state index contributed by atoms with van der Waals surface area (Å²) in [5.74, 6) is -0.470. The Labute approximate surface area is 199 Å². The van der Waals surface area contributed by atoms with Crippen molar-refractivity contribution in [3.8, 4) is 22.8 Å². The molecule has 2 aromatic heterocycles. The number of carbonyl (C=O) groups excluding carboxylic acids is 3. The fourth-order valence-corrected chi connectivity index (χ4v) is 4.40. The van der Waals surface area contributed by atoms with Crippen LogP contribution in [0.25, 0.3) is 11.3 Å². The predicted molar refractivity (Wildman–Crippen MR) is 124 cm³/mol. The number of nitrogens with one attached hydrogen (secondary N) is 2. The molecule has 11 heteroatoms. The highest BCUT2D eigenvalue weighted by Gasteiger charge is 2.28. The summed E-state index contributed by atoms with van der Waals surface area (Å²) in [5.41, 5.74) is 1.96. The molecule has 1 amide bonds. The smallest absolute Gasteiger partial charge is 0.348 e. The Kier molecular flexibility index (Phi) is 6.82. The van der Waals surface area contributed by atoms with Gasteiger partial charge in [-0.2, -0.15) is 5.10 Å². The first-order valence-corrected chi connectivity index (χ1v) is 11.5. The van der Waals surface area contributed by atoms with Gasteiger partial charge < -0.3 is 24.3 Å². The number of H-pyrrole nitrogens is 1. The first-order valence-electron chi connectivity index (χ1n) is 10.7. The fourth-order valence-electron chi connectivity index (χ4n) is 3.32. The average Bonchev–Trinajstić information content (AvgIpc) is 3.56. The summed E-state index contributed by atoms with van der Waals surface area (Å²) in [6.45, 7) is 5.74. The van der Waals surface area contributed by atoms with Gasteiger partial charge in [-0.05, 0) is 50.1 Å². The number of amides is 1. The van der Waals surface area contributed by atoms with Crippen molar-refractivity contribution in [1.29, 1.82) is 0 Å². The Morgan fingerprint density at radius 3 is 2.68 bits per heavy atom. The molecule has 4 rings (SSSR count). The van der Waals surface area contributed by atoms with Crippen LogP contribution in [0.4, 0.5) is 5.00 Å². The van der Waals surface area contributed by atoms with Crippen LogP contribution in [0.1, 0.15) is 56.3 Å². The number of benzene rings is 1. The maximum absolute atomic E-state index is 13.0. The van der Waals surface area contributed by atoms with Gasteiger partial charge in [-0.25, -0.2) is 9.59 Å². The van der Waals surface area contributed by atoms with Gasteiger partial charge in [0, 0.05) is 5.56 Å². The number of rotatable bonds is 8. The second-order valence-corrected chi connectivity index (χ2v) is 8.33. The minimum Gasteiger partial charge on any atom is -0.462 e. The molecule has 0 atom stereocenters. The Morgan fingerprint density at radius 1 is 1.12 bits per heavy atom. The van der Waals surface area contributed by atoms with E-state index in [0.717, 1.165) is 16.9 Å². The van der Waals surface area contributed by atoms with Crippen LogP contribution in [-0.4, -0.2) is 48.0 Å². The number of fused-ring (bicyclic) bond motifs is 1. The highest BCUT2D eigenvalue weighted by molar-refractivity contribution is 7.18. The van der Waals surface area contributed by atoms with E-state index in [9.17, 15) is 14.4 Å². The second kappa shape index (κ2) is 9.96. The molecule has 2 N–H and O–H groups in total. The number of anilines is 1. The van der Waals surface area contributed by atoms with E-state index in [1.165, 1.54) is 0 Å². The molecular formula is C23H23N3O7S. The number of aromatic amines is 1. The molecular weight excluding hydrogens is 462 g/mol. The molecule has 178 valence electrons. The molecule has 0 saturated heterocycles. The normalized spacial score (nSPS) is 11.9. The highest BCUT2D eigenvalue weighted by atomic mass is 32.1. The van der Waals surface area contributed by atoms with Crippen LogP contribution >= 0.6 is 11.3 Å². The van der Waals surface area contributed by atoms with Gasteiger partial charge in [-0.3, -0.25) is 9.89 Å². The molecule has 0 radical (unpaired) electrons. The summed E-state index contributed by atoms with van der Waals surface area (Å²) < 4.78 is 21.0. The zero-order valence-electron chi connectivity index (χ0n) is 18.9. The Hall–Kier alpha value is -3.86. The summed E-state index contributed by atoms with van der Waals surface area (Å²) in [7, 11) is 0. The summed E-state index contributed by atoms with van der Waals surface area (Å²) in [6, 6.07) is 6.93. The van der Waals surface area contributed by atoms with Crippen molar-refractivity contribution in [2.24, 2.45) is 0 Å². The van der Waals surface area contributed by atoms with Crippen LogP contribution in [0.2, 0.25) is 0 Å². The van der Waals surface area contributed by atoms with E-state index in [-0.39, 0.29) is 41.1 Å². The number of esters is 2. The van der Waals surface area contributed by atoms with Gasteiger partial charge in [0.1, 0.15) is 15.6 Å². The highest BCUT2D eigenvalue weighted by Crippen LogP contribution is 2.36. The molecule has 1 aromatic carbocycles. The van der Waals surface area contributed by atoms with E-state index >= 15 is 0 Å². The van der Waals surface area contributed by atoms with E-state index in [1.807, 2.05) is 13.0 Å². The van der Waals surface area contributed by atoms with Crippen molar-refractivity contribution < 1.29 is 33.3 Å². The zero-order chi connectivity index (χ0) is 24.2. The maximum Gasteiger partial charge on any atom is 0.348 e. The van der Waals surface area contributed by atoms with Gasteiger partial charge in [-0.1, -0.05) is 6.92 Å². The minimum atomic E-state index is -0.618. The van der Waals surface area contributed by atoms with E-state index in [4.69, 9.17) is 18.9 Å². The summed E-state index contributed by atoms with van der Waals surface area (Å²) in [5, 5.41) is 9.81. The van der Waals surface area contributed by atoms with Gasteiger partial charge in [0.2, 0.25) is 6.79 Å². The molecule has 0 aliphatic carbocycles. The topological polar surface area (TPSA) is 129 Å². The second-order valence-electron chi connectivity index (χ2n) is 7.31. The predicted octanol–water partition coefficient (Wildman–Crippen LogP) is 4.17. The molecule has 1 aliphatic heterocycles. The number of ether oxygens (including phenoxy) is 4. The van der Waals surface area contributed by atoms with Crippen LogP contribution < -0.4 is 14.8 Å². The number of carbonyl (C=O) groups is 3. The van der Waals surface area contributed by atoms with Gasteiger partial charge in [0.25, 0.3) is 5.91 Å². The number of hydrogen-bond donors (Lipinski definition) is 2. The van der Waals surface area contributed by atoms with E-state index in [0.29, 0.717) is 29.2 Å². The third kappa shape index (κ3) is 4.60. The monoisotopic (exact) mass is 485 g/mol. The Bertz CT molecular complexity index is 1250. The SMILES string of the molecule is CCCOC(=O)c1c(NC(=O)c2cc(-c3ccc4c(c3)OCO4)n[nH]2)sc(C(=O)OCC)c1C. The van der Waals surface area contributed by atoms with Crippen LogP contribution in [0.3, 0.4) is 0 Å². The summed E-state index contributed by atoms with van der Waals surface area (Å²) >= 11 is 0.964. The molecule has 10 nitrogen and oxygen atoms in total. The van der Waals surface area contributed by atoms with Crippen LogP contribution in [0.15, 0.2) is 24.3 Å². The molecule has 3 heterocycles. The molecule has 0 saturated carbocycles. The number of hydrogen-bond acceptors (Lipinski definition) is 9. The van der Waals surface area contributed by atoms with E-state index < -0.39 is 17.8 Å². The zero-order valence-corrected chi connectivity index (χ0v) is 19.7. The van der Waals surface area contributed by atoms with Gasteiger partial charge in [0.15, 0.2) is 11.5 Å². The van der Waals surface area contributed by atoms with Gasteiger partial charge in [-0.15, -0.1) is 11.3 Å². The van der Waals surface area contributed by atoms with Crippen molar-refractivity contribution >= 4 is 34.2 Å². The van der Waals surface area contributed by atoms with Crippen LogP contribution in [0.5, 0.6) is 11.5 Å². The number of thiophene rings is 1. The summed E-state index contributed by atoms with van der Waals surface area (Å²) in [4.78, 5) is 38.2. The lowest BCUT2D eigenvalue weighted by molar-refractivity contribution is 0.0506. The van der Waals surface area contributed by atoms with Crippen LogP contribution in [-0.2, 0) is 9.47 Å². The van der Waals surface area contributed by atoms with Crippen molar-refractivity contribution in [2.75, 3.05) is 25.3 Å². The van der Waals surface area contributed by atoms with Crippen molar-refractivity contribution in [3.63, 3.8) is 0 Å². The quantitative estimate of drug-likeness (QED) is 0.455. The molecule has 0 spiro atoms. The third-order valence-corrected chi connectivity index (χ3v) is 6.15. The number of aromatic nitrogens is 2. The molecule has 34 heavy (non-hydrogen) atoms. The minimum absolute atomic E-state index is 0.130. The molecule has 0 fully saturated rings. The molecule has 0 unspecified atom stereocenters. The third-order valence-electron chi connectivity index (χ3n) is 4.97. The molecule has 3 aromatic rings. The lowest BCUT2D eigenvalue weighted by Crippen LogP contribution is -2.15. The van der Waals surface area contributed by atoms with Crippen LogP contribution in [0, 0.1) is 6.92 Å². The Balaban J connectivity index is 1.59. The lowest BCUT2D eigenvalue weighted by atomic mass is 10.1. The largest absolute Gasteiger partial charge is 0.462 e. The lowest BCUT2D eigenvalue weighted by Gasteiger charge is -2.07. The van der Waals surface area contributed by atoms with Gasteiger partial charge >= 0.3 is 11.9 Å². The Morgan fingerprint density at radius 2 is 1.91 bits per heavy atom. The molecule has 0 bridgehead atoms. The van der Waals surface area contributed by atoms with Crippen molar-refractivity contribution in [3.05, 3.63) is 46.0 Å².